The van der Waals surface area contributed by atoms with Gasteiger partial charge in [-0.05, 0) is 43.8 Å². The number of benzene rings is 1. The second-order valence-corrected chi connectivity index (χ2v) is 5.59. The van der Waals surface area contributed by atoms with E-state index in [4.69, 9.17) is 4.74 Å². The van der Waals surface area contributed by atoms with Crippen LogP contribution in [0.15, 0.2) is 30.3 Å². The van der Waals surface area contributed by atoms with Gasteiger partial charge >= 0.3 is 0 Å². The van der Waals surface area contributed by atoms with Crippen LogP contribution in [0, 0.1) is 5.92 Å². The summed E-state index contributed by atoms with van der Waals surface area (Å²) in [4.78, 5) is 12.1. The van der Waals surface area contributed by atoms with Gasteiger partial charge in [-0.3, -0.25) is 4.79 Å². The molecule has 0 bridgehead atoms. The lowest BCUT2D eigenvalue weighted by Crippen LogP contribution is -2.33. The second kappa shape index (κ2) is 5.85. The van der Waals surface area contributed by atoms with Gasteiger partial charge in [0.15, 0.2) is 5.78 Å². The highest BCUT2D eigenvalue weighted by atomic mass is 16.5. The predicted octanol–water partition coefficient (Wildman–Crippen LogP) is 2.13. The van der Waals surface area contributed by atoms with E-state index in [1.807, 2.05) is 18.2 Å². The van der Waals surface area contributed by atoms with Gasteiger partial charge < -0.3 is 10.1 Å². The van der Waals surface area contributed by atoms with Gasteiger partial charge in [0.05, 0.1) is 6.10 Å². The van der Waals surface area contributed by atoms with Crippen LogP contribution in [-0.2, 0) is 9.53 Å². The molecule has 102 valence electrons. The smallest absolute Gasteiger partial charge is 0.162 e. The van der Waals surface area contributed by atoms with Crippen LogP contribution in [0.5, 0.6) is 0 Å². The highest BCUT2D eigenvalue weighted by molar-refractivity contribution is 5.86. The van der Waals surface area contributed by atoms with Gasteiger partial charge in [-0.15, -0.1) is 0 Å². The summed E-state index contributed by atoms with van der Waals surface area (Å²) in [7, 11) is 0. The van der Waals surface area contributed by atoms with Crippen LogP contribution in [0.3, 0.4) is 0 Å². The summed E-state index contributed by atoms with van der Waals surface area (Å²) in [5, 5.41) is 3.30. The highest BCUT2D eigenvalue weighted by Crippen LogP contribution is 2.47. The quantitative estimate of drug-likeness (QED) is 0.880. The molecule has 1 aliphatic carbocycles. The van der Waals surface area contributed by atoms with Crippen molar-refractivity contribution >= 4 is 5.78 Å². The Labute approximate surface area is 114 Å². The van der Waals surface area contributed by atoms with Crippen LogP contribution >= 0.6 is 0 Å². The van der Waals surface area contributed by atoms with Crippen molar-refractivity contribution in [2.45, 2.75) is 31.3 Å². The molecular weight excluding hydrogens is 238 g/mol. The lowest BCUT2D eigenvalue weighted by molar-refractivity contribution is -0.127. The zero-order valence-electron chi connectivity index (χ0n) is 11.2. The molecule has 1 N–H and O–H groups in total. The van der Waals surface area contributed by atoms with E-state index in [1.54, 1.807) is 0 Å². The third-order valence-electron chi connectivity index (χ3n) is 4.18. The first-order chi connectivity index (χ1) is 9.34. The standard InChI is InChI=1S/C16H21NO2/c18-16(11-19-13-6-8-17-9-7-13)15-10-14(15)12-4-2-1-3-5-12/h1-5,13-15,17H,6-11H2. The van der Waals surface area contributed by atoms with E-state index in [1.165, 1.54) is 5.56 Å². The first kappa shape index (κ1) is 12.8. The third-order valence-corrected chi connectivity index (χ3v) is 4.18. The summed E-state index contributed by atoms with van der Waals surface area (Å²) in [6.07, 6.45) is 3.33. The largest absolute Gasteiger partial charge is 0.370 e. The van der Waals surface area contributed by atoms with Crippen molar-refractivity contribution < 1.29 is 9.53 Å². The average Bonchev–Trinajstić information content (AvgIpc) is 3.27. The molecule has 0 amide bonds. The molecular formula is C16H21NO2. The Bertz CT molecular complexity index is 426. The molecule has 19 heavy (non-hydrogen) atoms. The minimum absolute atomic E-state index is 0.198. The van der Waals surface area contributed by atoms with E-state index >= 15 is 0 Å². The highest BCUT2D eigenvalue weighted by Gasteiger charge is 2.43. The molecule has 3 rings (SSSR count). The van der Waals surface area contributed by atoms with Crippen molar-refractivity contribution in [2.75, 3.05) is 19.7 Å². The maximum Gasteiger partial charge on any atom is 0.162 e. The first-order valence-corrected chi connectivity index (χ1v) is 7.24. The fourth-order valence-corrected chi connectivity index (χ4v) is 2.89. The SMILES string of the molecule is O=C(COC1CCNCC1)C1CC1c1ccccc1. The third kappa shape index (κ3) is 3.23. The molecule has 1 saturated carbocycles. The maximum absolute atomic E-state index is 12.1. The van der Waals surface area contributed by atoms with E-state index in [0.29, 0.717) is 12.5 Å². The number of rotatable bonds is 5. The molecule has 3 nitrogen and oxygen atoms in total. The average molecular weight is 259 g/mol. The van der Waals surface area contributed by atoms with Crippen molar-refractivity contribution in [1.29, 1.82) is 0 Å². The molecule has 1 aromatic carbocycles. The van der Waals surface area contributed by atoms with Crippen LogP contribution in [0.2, 0.25) is 0 Å². The Morgan fingerprint density at radius 3 is 2.68 bits per heavy atom. The summed E-state index contributed by atoms with van der Waals surface area (Å²) in [6, 6.07) is 10.3. The number of carbonyl (C=O) groups excluding carboxylic acids is 1. The molecule has 0 aromatic heterocycles. The zero-order chi connectivity index (χ0) is 13.1. The number of ketones is 1. The normalized spacial score (nSPS) is 27.2. The minimum atomic E-state index is 0.198. The summed E-state index contributed by atoms with van der Waals surface area (Å²) >= 11 is 0. The van der Waals surface area contributed by atoms with Gasteiger partial charge in [0.1, 0.15) is 6.61 Å². The van der Waals surface area contributed by atoms with E-state index in [-0.39, 0.29) is 17.8 Å². The molecule has 0 radical (unpaired) electrons. The van der Waals surface area contributed by atoms with E-state index in [2.05, 4.69) is 17.4 Å². The Morgan fingerprint density at radius 1 is 1.21 bits per heavy atom. The number of piperidine rings is 1. The zero-order valence-corrected chi connectivity index (χ0v) is 11.2. The van der Waals surface area contributed by atoms with Crippen LogP contribution in [0.1, 0.15) is 30.7 Å². The topological polar surface area (TPSA) is 38.3 Å². The number of nitrogens with one attached hydrogen (secondary N) is 1. The van der Waals surface area contributed by atoms with Crippen LogP contribution in [0.4, 0.5) is 0 Å². The van der Waals surface area contributed by atoms with Gasteiger partial charge in [-0.1, -0.05) is 30.3 Å². The second-order valence-electron chi connectivity index (χ2n) is 5.59. The fourth-order valence-electron chi connectivity index (χ4n) is 2.89. The van der Waals surface area contributed by atoms with E-state index < -0.39 is 0 Å². The monoisotopic (exact) mass is 259 g/mol. The molecule has 1 saturated heterocycles. The van der Waals surface area contributed by atoms with E-state index in [9.17, 15) is 4.79 Å². The Balaban J connectivity index is 1.45. The van der Waals surface area contributed by atoms with E-state index in [0.717, 1.165) is 32.4 Å². The van der Waals surface area contributed by atoms with Crippen molar-refractivity contribution in [3.8, 4) is 0 Å². The molecule has 1 aromatic rings. The first-order valence-electron chi connectivity index (χ1n) is 7.24. The predicted molar refractivity (Wildman–Crippen MR) is 74.1 cm³/mol. The molecule has 2 aliphatic rings. The summed E-state index contributed by atoms with van der Waals surface area (Å²) < 4.78 is 5.74. The van der Waals surface area contributed by atoms with Gasteiger partial charge in [-0.25, -0.2) is 0 Å². The number of ether oxygens (including phenoxy) is 1. The lowest BCUT2D eigenvalue weighted by atomic mass is 10.1. The molecule has 2 atom stereocenters. The van der Waals surface area contributed by atoms with Gasteiger partial charge in [0.25, 0.3) is 0 Å². The molecule has 2 unspecified atom stereocenters. The number of hydrogen-bond donors (Lipinski definition) is 1. The molecule has 1 heterocycles. The Morgan fingerprint density at radius 2 is 1.95 bits per heavy atom. The lowest BCUT2D eigenvalue weighted by Gasteiger charge is -2.22. The van der Waals surface area contributed by atoms with Crippen molar-refractivity contribution in [1.82, 2.24) is 5.32 Å². The summed E-state index contributed by atoms with van der Waals surface area (Å²) in [5.74, 6) is 0.918. The van der Waals surface area contributed by atoms with Crippen molar-refractivity contribution in [3.63, 3.8) is 0 Å². The van der Waals surface area contributed by atoms with Crippen molar-refractivity contribution in [3.05, 3.63) is 35.9 Å². The summed E-state index contributed by atoms with van der Waals surface area (Å²) in [6.45, 7) is 2.32. The van der Waals surface area contributed by atoms with Crippen LogP contribution in [-0.4, -0.2) is 31.6 Å². The number of hydrogen-bond acceptors (Lipinski definition) is 3. The molecule has 2 fully saturated rings. The molecule has 3 heteroatoms. The van der Waals surface area contributed by atoms with Crippen LogP contribution in [0.25, 0.3) is 0 Å². The Kier molecular flexibility index (Phi) is 3.95. The maximum atomic E-state index is 12.1. The van der Waals surface area contributed by atoms with Crippen LogP contribution < -0.4 is 5.32 Å². The van der Waals surface area contributed by atoms with Gasteiger partial charge in [0, 0.05) is 5.92 Å². The van der Waals surface area contributed by atoms with Crippen molar-refractivity contribution in [2.24, 2.45) is 5.92 Å². The summed E-state index contributed by atoms with van der Waals surface area (Å²) in [5.41, 5.74) is 1.29. The number of Topliss-reactive ketones (excluding diaryl/α,β-unsaturated/α-hetero) is 1. The molecule has 1 aliphatic heterocycles. The molecule has 0 spiro atoms. The minimum Gasteiger partial charge on any atom is -0.370 e. The van der Waals surface area contributed by atoms with Gasteiger partial charge in [0.2, 0.25) is 0 Å². The van der Waals surface area contributed by atoms with Gasteiger partial charge in [-0.2, -0.15) is 0 Å². The fraction of sp³-hybridized carbons (Fsp3) is 0.562. The number of carbonyl (C=O) groups is 1. The Hall–Kier alpha value is -1.19.